The number of nitrogens with one attached hydrogen (secondary N) is 1. The van der Waals surface area contributed by atoms with Crippen LogP contribution in [0.15, 0.2) is 40.0 Å². The minimum absolute atomic E-state index is 0.179. The lowest BCUT2D eigenvalue weighted by Crippen LogP contribution is -2.15. The number of benzene rings is 1. The topological polar surface area (TPSA) is 85.1 Å². The van der Waals surface area contributed by atoms with Gasteiger partial charge in [-0.15, -0.1) is 0 Å². The van der Waals surface area contributed by atoms with Gasteiger partial charge in [0, 0.05) is 18.1 Å². The van der Waals surface area contributed by atoms with Crippen molar-refractivity contribution in [3.8, 4) is 0 Å². The Labute approximate surface area is 126 Å². The number of hydrogen-bond donors (Lipinski definition) is 2. The summed E-state index contributed by atoms with van der Waals surface area (Å²) >= 11 is 3.25. The average Bonchev–Trinajstić information content (AvgIpc) is 2.36. The minimum Gasteiger partial charge on any atom is -0.399 e. The van der Waals surface area contributed by atoms with Crippen molar-refractivity contribution in [1.82, 2.24) is 4.98 Å². The smallest absolute Gasteiger partial charge is 0.262 e. The predicted molar refractivity (Wildman–Crippen MR) is 83.1 cm³/mol. The largest absolute Gasteiger partial charge is 0.399 e. The van der Waals surface area contributed by atoms with Crippen molar-refractivity contribution in [2.45, 2.75) is 18.7 Å². The highest BCUT2D eigenvalue weighted by Crippen LogP contribution is 2.27. The number of nitrogens with two attached hydrogens (primary N) is 1. The van der Waals surface area contributed by atoms with Gasteiger partial charge < -0.3 is 5.73 Å². The van der Waals surface area contributed by atoms with Gasteiger partial charge in [0.1, 0.15) is 0 Å². The van der Waals surface area contributed by atoms with Crippen LogP contribution in [0, 0.1) is 13.8 Å². The van der Waals surface area contributed by atoms with Crippen molar-refractivity contribution in [2.75, 3.05) is 10.5 Å². The van der Waals surface area contributed by atoms with Gasteiger partial charge >= 0.3 is 0 Å². The van der Waals surface area contributed by atoms with E-state index in [0.717, 1.165) is 5.56 Å². The van der Waals surface area contributed by atoms with E-state index in [9.17, 15) is 8.42 Å². The van der Waals surface area contributed by atoms with Gasteiger partial charge in [-0.25, -0.2) is 8.42 Å². The molecular weight excluding hydrogens is 342 g/mol. The van der Waals surface area contributed by atoms with Crippen LogP contribution >= 0.6 is 15.9 Å². The number of aryl methyl sites for hydroxylation is 1. The molecule has 0 unspecified atom stereocenters. The van der Waals surface area contributed by atoms with Crippen LogP contribution in [0.5, 0.6) is 0 Å². The second-order valence-electron chi connectivity index (χ2n) is 4.42. The lowest BCUT2D eigenvalue weighted by molar-refractivity contribution is 0.600. The average molecular weight is 356 g/mol. The molecule has 0 bridgehead atoms. The Morgan fingerprint density at radius 3 is 2.65 bits per heavy atom. The Balaban J connectivity index is 2.49. The molecule has 3 N–H and O–H groups in total. The Bertz CT molecular complexity index is 760. The van der Waals surface area contributed by atoms with Crippen LogP contribution in [0.2, 0.25) is 0 Å². The van der Waals surface area contributed by atoms with E-state index in [2.05, 4.69) is 25.6 Å². The van der Waals surface area contributed by atoms with Gasteiger partial charge in [-0.05, 0) is 59.1 Å². The Morgan fingerprint density at radius 1 is 1.30 bits per heavy atom. The van der Waals surface area contributed by atoms with E-state index < -0.39 is 10.0 Å². The van der Waals surface area contributed by atoms with E-state index in [1.807, 2.05) is 6.92 Å². The molecular formula is C13H14BrN3O2S. The molecule has 0 radical (unpaired) electrons. The molecule has 7 heteroatoms. The minimum atomic E-state index is -3.70. The highest BCUT2D eigenvalue weighted by molar-refractivity contribution is 9.10. The van der Waals surface area contributed by atoms with Crippen molar-refractivity contribution in [3.63, 3.8) is 0 Å². The number of rotatable bonds is 3. The molecule has 0 saturated heterocycles. The Kier molecular flexibility index (Phi) is 4.01. The molecule has 0 atom stereocenters. The maximum Gasteiger partial charge on any atom is 0.262 e. The first kappa shape index (κ1) is 14.8. The summed E-state index contributed by atoms with van der Waals surface area (Å²) in [7, 11) is -3.70. The number of nitrogens with zero attached hydrogens (tertiary/aromatic N) is 1. The number of nitrogen functional groups attached to an aromatic ring is 1. The van der Waals surface area contributed by atoms with Crippen LogP contribution in [0.3, 0.4) is 0 Å². The van der Waals surface area contributed by atoms with Gasteiger partial charge in [0.05, 0.1) is 15.1 Å². The van der Waals surface area contributed by atoms with E-state index >= 15 is 0 Å². The third kappa shape index (κ3) is 2.94. The van der Waals surface area contributed by atoms with Crippen LogP contribution in [-0.2, 0) is 10.0 Å². The lowest BCUT2D eigenvalue weighted by Gasteiger charge is -2.13. The third-order valence-electron chi connectivity index (χ3n) is 2.95. The molecule has 1 aromatic heterocycles. The van der Waals surface area contributed by atoms with Gasteiger partial charge in [0.2, 0.25) is 0 Å². The first-order chi connectivity index (χ1) is 9.31. The SMILES string of the molecule is Cc1cc(N)cc(S(=O)(=O)Nc2ccncc2Br)c1C. The number of hydrogen-bond acceptors (Lipinski definition) is 4. The fourth-order valence-corrected chi connectivity index (χ4v) is 3.70. The van der Waals surface area contributed by atoms with Gasteiger partial charge in [0.25, 0.3) is 10.0 Å². The molecule has 20 heavy (non-hydrogen) atoms. The number of halogens is 1. The lowest BCUT2D eigenvalue weighted by atomic mass is 10.1. The van der Waals surface area contributed by atoms with Crippen LogP contribution in [0.1, 0.15) is 11.1 Å². The molecule has 0 saturated carbocycles. The molecule has 0 aliphatic carbocycles. The van der Waals surface area contributed by atoms with Crippen molar-refractivity contribution >= 4 is 37.3 Å². The molecule has 0 aliphatic rings. The predicted octanol–water partition coefficient (Wildman–Crippen LogP) is 2.84. The molecule has 106 valence electrons. The van der Waals surface area contributed by atoms with Crippen LogP contribution in [-0.4, -0.2) is 13.4 Å². The summed E-state index contributed by atoms with van der Waals surface area (Å²) in [6.45, 7) is 3.58. The van der Waals surface area contributed by atoms with Crippen LogP contribution < -0.4 is 10.5 Å². The summed E-state index contributed by atoms with van der Waals surface area (Å²) in [6.07, 6.45) is 3.04. The van der Waals surface area contributed by atoms with E-state index in [0.29, 0.717) is 21.4 Å². The molecule has 2 aromatic rings. The number of sulfonamides is 1. The summed E-state index contributed by atoms with van der Waals surface area (Å²) in [5.74, 6) is 0. The second kappa shape index (κ2) is 5.41. The third-order valence-corrected chi connectivity index (χ3v) is 5.07. The Morgan fingerprint density at radius 2 is 2.00 bits per heavy atom. The van der Waals surface area contributed by atoms with Crippen molar-refractivity contribution < 1.29 is 8.42 Å². The summed E-state index contributed by atoms with van der Waals surface area (Å²) in [5, 5.41) is 0. The number of aromatic nitrogens is 1. The maximum absolute atomic E-state index is 12.5. The van der Waals surface area contributed by atoms with Gasteiger partial charge in [-0.2, -0.15) is 0 Å². The van der Waals surface area contributed by atoms with Crippen LogP contribution in [0.4, 0.5) is 11.4 Å². The van der Waals surface area contributed by atoms with Gasteiger partial charge in [-0.3, -0.25) is 9.71 Å². The molecule has 0 spiro atoms. The van der Waals surface area contributed by atoms with Crippen molar-refractivity contribution in [1.29, 1.82) is 0 Å². The van der Waals surface area contributed by atoms with Gasteiger partial charge in [-0.1, -0.05) is 0 Å². The fraction of sp³-hybridized carbons (Fsp3) is 0.154. The monoisotopic (exact) mass is 355 g/mol. The summed E-state index contributed by atoms with van der Waals surface area (Å²) < 4.78 is 28.0. The normalized spacial score (nSPS) is 11.3. The molecule has 1 aromatic carbocycles. The summed E-state index contributed by atoms with van der Waals surface area (Å²) in [6, 6.07) is 4.78. The highest BCUT2D eigenvalue weighted by atomic mass is 79.9. The zero-order valence-electron chi connectivity index (χ0n) is 11.0. The zero-order valence-corrected chi connectivity index (χ0v) is 13.4. The second-order valence-corrected chi connectivity index (χ2v) is 6.93. The van der Waals surface area contributed by atoms with E-state index in [-0.39, 0.29) is 4.90 Å². The number of anilines is 2. The quantitative estimate of drug-likeness (QED) is 0.829. The van der Waals surface area contributed by atoms with Crippen molar-refractivity contribution in [2.24, 2.45) is 0 Å². The molecule has 1 heterocycles. The van der Waals surface area contributed by atoms with E-state index in [1.165, 1.54) is 18.5 Å². The fourth-order valence-electron chi connectivity index (χ4n) is 1.79. The number of pyridine rings is 1. The molecule has 2 rings (SSSR count). The Hall–Kier alpha value is -1.60. The zero-order chi connectivity index (χ0) is 14.9. The van der Waals surface area contributed by atoms with Gasteiger partial charge in [0.15, 0.2) is 0 Å². The first-order valence-corrected chi connectivity index (χ1v) is 8.08. The molecule has 0 aliphatic heterocycles. The summed E-state index contributed by atoms with van der Waals surface area (Å²) in [5.41, 5.74) is 8.10. The summed E-state index contributed by atoms with van der Waals surface area (Å²) in [4.78, 5) is 4.07. The molecule has 5 nitrogen and oxygen atoms in total. The van der Waals surface area contributed by atoms with E-state index in [4.69, 9.17) is 5.73 Å². The maximum atomic E-state index is 12.5. The molecule has 0 fully saturated rings. The molecule has 0 amide bonds. The highest BCUT2D eigenvalue weighted by Gasteiger charge is 2.19. The van der Waals surface area contributed by atoms with Crippen molar-refractivity contribution in [3.05, 3.63) is 46.2 Å². The first-order valence-electron chi connectivity index (χ1n) is 5.80. The van der Waals surface area contributed by atoms with E-state index in [1.54, 1.807) is 19.1 Å². The standard InChI is InChI=1S/C13H14BrN3O2S/c1-8-5-10(15)6-13(9(8)2)20(18,19)17-12-3-4-16-7-11(12)14/h3-7H,15H2,1-2H3,(H,16,17). The van der Waals surface area contributed by atoms with Crippen LogP contribution in [0.25, 0.3) is 0 Å².